The van der Waals surface area contributed by atoms with Crippen molar-refractivity contribution in [3.05, 3.63) is 75.9 Å². The third-order valence-electron chi connectivity index (χ3n) is 4.54. The van der Waals surface area contributed by atoms with Crippen molar-refractivity contribution in [1.82, 2.24) is 15.1 Å². The highest BCUT2D eigenvalue weighted by Crippen LogP contribution is 2.25. The van der Waals surface area contributed by atoms with Crippen LogP contribution in [0.4, 0.5) is 10.1 Å². The summed E-state index contributed by atoms with van der Waals surface area (Å²) in [6.07, 6.45) is -0.147. The molecule has 0 N–H and O–H groups in total. The van der Waals surface area contributed by atoms with Gasteiger partial charge in [0.25, 0.3) is 5.69 Å². The van der Waals surface area contributed by atoms with Crippen molar-refractivity contribution in [3.63, 3.8) is 0 Å². The van der Waals surface area contributed by atoms with E-state index in [-0.39, 0.29) is 17.6 Å². The zero-order valence-electron chi connectivity index (χ0n) is 14.8. The zero-order chi connectivity index (χ0) is 19.5. The highest BCUT2D eigenvalue weighted by Gasteiger charge is 2.23. The smallest absolute Gasteiger partial charge is 0.269 e. The lowest BCUT2D eigenvalue weighted by Crippen LogP contribution is -2.37. The first-order valence-electron chi connectivity index (χ1n) is 8.75. The van der Waals surface area contributed by atoms with Crippen molar-refractivity contribution in [2.24, 2.45) is 0 Å². The quantitative estimate of drug-likeness (QED) is 0.492. The topological polar surface area (TPSA) is 94.5 Å². The molecule has 1 aromatic heterocycles. The van der Waals surface area contributed by atoms with Gasteiger partial charge in [-0.1, -0.05) is 12.1 Å². The molecule has 0 spiro atoms. The van der Waals surface area contributed by atoms with Crippen LogP contribution in [0.25, 0.3) is 11.5 Å². The second-order valence-electron chi connectivity index (χ2n) is 6.45. The third-order valence-corrected chi connectivity index (χ3v) is 4.54. The summed E-state index contributed by atoms with van der Waals surface area (Å²) in [6, 6.07) is 12.2. The van der Waals surface area contributed by atoms with Gasteiger partial charge >= 0.3 is 0 Å². The first kappa shape index (κ1) is 18.2. The fraction of sp³-hybridized carbons (Fsp3) is 0.263. The van der Waals surface area contributed by atoms with E-state index in [0.717, 1.165) is 5.56 Å². The fourth-order valence-corrected chi connectivity index (χ4v) is 3.08. The maximum absolute atomic E-state index is 13.1. The highest BCUT2D eigenvalue weighted by atomic mass is 19.1. The molecular formula is C19H17FN4O4. The first-order chi connectivity index (χ1) is 13.6. The molecule has 1 fully saturated rings. The van der Waals surface area contributed by atoms with E-state index in [0.29, 0.717) is 43.6 Å². The Bertz CT molecular complexity index is 959. The van der Waals surface area contributed by atoms with Gasteiger partial charge in [0.2, 0.25) is 11.8 Å². The lowest BCUT2D eigenvalue weighted by molar-refractivity contribution is -0.384. The molecule has 0 unspecified atom stereocenters. The predicted octanol–water partition coefficient (Wildman–Crippen LogP) is 3.36. The number of ether oxygens (including phenoxy) is 1. The number of halogens is 1. The van der Waals surface area contributed by atoms with Crippen molar-refractivity contribution in [1.29, 1.82) is 0 Å². The molecule has 0 radical (unpaired) electrons. The molecule has 2 heterocycles. The first-order valence-corrected chi connectivity index (χ1v) is 8.75. The number of non-ortho nitro benzene ring substituents is 1. The number of rotatable bonds is 5. The van der Waals surface area contributed by atoms with Gasteiger partial charge in [-0.25, -0.2) is 4.39 Å². The number of nitro groups is 1. The number of nitrogens with zero attached hydrogens (tertiary/aromatic N) is 4. The molecule has 1 aliphatic rings. The Labute approximate surface area is 159 Å². The van der Waals surface area contributed by atoms with Crippen molar-refractivity contribution in [3.8, 4) is 11.5 Å². The summed E-state index contributed by atoms with van der Waals surface area (Å²) >= 11 is 0. The average molecular weight is 384 g/mol. The number of aromatic nitrogens is 2. The van der Waals surface area contributed by atoms with Gasteiger partial charge in [0.15, 0.2) is 0 Å². The summed E-state index contributed by atoms with van der Waals surface area (Å²) in [5, 5.41) is 18.8. The minimum absolute atomic E-state index is 0.00337. The van der Waals surface area contributed by atoms with Gasteiger partial charge in [0.05, 0.1) is 24.2 Å². The Balaban J connectivity index is 1.41. The summed E-state index contributed by atoms with van der Waals surface area (Å²) < 4.78 is 24.6. The second kappa shape index (κ2) is 7.83. The van der Waals surface area contributed by atoms with E-state index in [1.807, 2.05) is 0 Å². The SMILES string of the molecule is O=[N+]([O-])c1ccc(-c2nnc(CN3CCO[C@H](c4ccc(F)cc4)C3)o2)cc1. The van der Waals surface area contributed by atoms with E-state index in [1.165, 1.54) is 24.3 Å². The molecule has 0 bridgehead atoms. The predicted molar refractivity (Wildman–Crippen MR) is 96.8 cm³/mol. The van der Waals surface area contributed by atoms with Gasteiger partial charge in [-0.2, -0.15) is 0 Å². The molecule has 2 aromatic carbocycles. The molecule has 0 amide bonds. The van der Waals surface area contributed by atoms with Crippen LogP contribution in [0, 0.1) is 15.9 Å². The van der Waals surface area contributed by atoms with Crippen molar-refractivity contribution in [2.45, 2.75) is 12.6 Å². The van der Waals surface area contributed by atoms with Gasteiger partial charge in [0, 0.05) is 30.8 Å². The van der Waals surface area contributed by atoms with E-state index < -0.39 is 4.92 Å². The Morgan fingerprint density at radius 2 is 1.89 bits per heavy atom. The molecule has 144 valence electrons. The van der Waals surface area contributed by atoms with Crippen LogP contribution in [-0.4, -0.2) is 39.7 Å². The van der Waals surface area contributed by atoms with Crippen molar-refractivity contribution in [2.75, 3.05) is 19.7 Å². The van der Waals surface area contributed by atoms with Gasteiger partial charge in [-0.15, -0.1) is 10.2 Å². The lowest BCUT2D eigenvalue weighted by atomic mass is 10.1. The number of hydrogen-bond donors (Lipinski definition) is 0. The number of nitro benzene ring substituents is 1. The molecule has 9 heteroatoms. The molecule has 8 nitrogen and oxygen atoms in total. The molecule has 1 atom stereocenters. The van der Waals surface area contributed by atoms with Crippen LogP contribution >= 0.6 is 0 Å². The minimum atomic E-state index is -0.459. The molecule has 4 rings (SSSR count). The molecule has 28 heavy (non-hydrogen) atoms. The molecule has 0 aliphatic carbocycles. The molecule has 0 saturated carbocycles. The summed E-state index contributed by atoms with van der Waals surface area (Å²) in [4.78, 5) is 12.4. The maximum atomic E-state index is 13.1. The Hall–Kier alpha value is -3.17. The van der Waals surface area contributed by atoms with Crippen LogP contribution in [0.1, 0.15) is 17.6 Å². The summed E-state index contributed by atoms with van der Waals surface area (Å²) in [5.41, 5.74) is 1.54. The number of morpholine rings is 1. The largest absolute Gasteiger partial charge is 0.419 e. The molecule has 3 aromatic rings. The summed E-state index contributed by atoms with van der Waals surface area (Å²) in [5.74, 6) is 0.488. The van der Waals surface area contributed by atoms with Crippen LogP contribution in [0.2, 0.25) is 0 Å². The van der Waals surface area contributed by atoms with E-state index >= 15 is 0 Å². The Morgan fingerprint density at radius 3 is 2.61 bits per heavy atom. The van der Waals surface area contributed by atoms with Crippen molar-refractivity contribution < 1.29 is 18.5 Å². The fourth-order valence-electron chi connectivity index (χ4n) is 3.08. The van der Waals surface area contributed by atoms with Crippen LogP contribution in [0.3, 0.4) is 0 Å². The van der Waals surface area contributed by atoms with Crippen LogP contribution in [-0.2, 0) is 11.3 Å². The highest BCUT2D eigenvalue weighted by molar-refractivity contribution is 5.55. The number of benzene rings is 2. The normalized spacial score (nSPS) is 17.5. The maximum Gasteiger partial charge on any atom is 0.269 e. The summed E-state index contributed by atoms with van der Waals surface area (Å²) in [6.45, 7) is 2.35. The van der Waals surface area contributed by atoms with Gasteiger partial charge in [0.1, 0.15) is 5.82 Å². The van der Waals surface area contributed by atoms with Gasteiger partial charge in [-0.05, 0) is 29.8 Å². The van der Waals surface area contributed by atoms with Crippen LogP contribution in [0.15, 0.2) is 52.9 Å². The second-order valence-corrected chi connectivity index (χ2v) is 6.45. The minimum Gasteiger partial charge on any atom is -0.419 e. The average Bonchev–Trinajstić information content (AvgIpc) is 3.17. The van der Waals surface area contributed by atoms with E-state index in [1.54, 1.807) is 24.3 Å². The monoisotopic (exact) mass is 384 g/mol. The van der Waals surface area contributed by atoms with Crippen LogP contribution in [0.5, 0.6) is 0 Å². The van der Waals surface area contributed by atoms with Gasteiger partial charge in [-0.3, -0.25) is 15.0 Å². The van der Waals surface area contributed by atoms with Gasteiger partial charge < -0.3 is 9.15 Å². The van der Waals surface area contributed by atoms with E-state index in [4.69, 9.17) is 9.15 Å². The van der Waals surface area contributed by atoms with E-state index in [9.17, 15) is 14.5 Å². The Morgan fingerprint density at radius 1 is 1.14 bits per heavy atom. The summed E-state index contributed by atoms with van der Waals surface area (Å²) in [7, 11) is 0. The standard InChI is InChI=1S/C19H17FN4O4/c20-15-5-1-13(2-6-15)17-11-23(9-10-27-17)12-18-21-22-19(28-18)14-3-7-16(8-4-14)24(25)26/h1-8,17H,9-12H2/t17-/m0/s1. The molecular weight excluding hydrogens is 367 g/mol. The zero-order valence-corrected chi connectivity index (χ0v) is 14.8. The lowest BCUT2D eigenvalue weighted by Gasteiger charge is -2.32. The Kier molecular flexibility index (Phi) is 5.09. The van der Waals surface area contributed by atoms with E-state index in [2.05, 4.69) is 15.1 Å². The molecule has 1 saturated heterocycles. The van der Waals surface area contributed by atoms with Crippen LogP contribution < -0.4 is 0 Å². The molecule has 1 aliphatic heterocycles. The number of hydrogen-bond acceptors (Lipinski definition) is 7. The van der Waals surface area contributed by atoms with Crippen molar-refractivity contribution >= 4 is 5.69 Å². The third kappa shape index (κ3) is 4.05.